The van der Waals surface area contributed by atoms with Gasteiger partial charge in [-0.1, -0.05) is 18.2 Å². The van der Waals surface area contributed by atoms with E-state index in [1.54, 1.807) is 24.2 Å². The summed E-state index contributed by atoms with van der Waals surface area (Å²) < 4.78 is 0. The molecule has 0 saturated carbocycles. The number of hydrogen-bond donors (Lipinski definition) is 1. The fourth-order valence-electron chi connectivity index (χ4n) is 1.22. The Hall–Kier alpha value is -0.610. The molecule has 1 unspecified atom stereocenters. The van der Waals surface area contributed by atoms with Crippen molar-refractivity contribution in [3.05, 3.63) is 18.5 Å². The monoisotopic (exact) mass is 225 g/mol. The molecule has 15 heavy (non-hydrogen) atoms. The summed E-state index contributed by atoms with van der Waals surface area (Å²) in [6, 6.07) is 2.47. The van der Waals surface area contributed by atoms with Crippen LogP contribution < -0.4 is 5.32 Å². The molecule has 0 spiro atoms. The van der Waals surface area contributed by atoms with E-state index >= 15 is 0 Å². The van der Waals surface area contributed by atoms with Gasteiger partial charge in [-0.25, -0.2) is 9.97 Å². The van der Waals surface area contributed by atoms with Gasteiger partial charge in [-0.3, -0.25) is 0 Å². The van der Waals surface area contributed by atoms with Gasteiger partial charge in [0.15, 0.2) is 5.16 Å². The smallest absolute Gasteiger partial charge is 0.187 e. The van der Waals surface area contributed by atoms with E-state index in [9.17, 15) is 0 Å². The van der Waals surface area contributed by atoms with Gasteiger partial charge >= 0.3 is 0 Å². The highest BCUT2D eigenvalue weighted by atomic mass is 32.2. The van der Waals surface area contributed by atoms with E-state index in [4.69, 9.17) is 0 Å². The minimum absolute atomic E-state index is 0.628. The lowest BCUT2D eigenvalue weighted by atomic mass is 10.1. The minimum atomic E-state index is 0.628. The van der Waals surface area contributed by atoms with Crippen LogP contribution in [0.4, 0.5) is 0 Å². The quantitative estimate of drug-likeness (QED) is 0.439. The Bertz CT molecular complexity index is 253. The first-order valence-electron chi connectivity index (χ1n) is 5.40. The van der Waals surface area contributed by atoms with Gasteiger partial charge in [0.25, 0.3) is 0 Å². The molecule has 0 fully saturated rings. The van der Waals surface area contributed by atoms with E-state index in [-0.39, 0.29) is 0 Å². The molecule has 0 aliphatic heterocycles. The second-order valence-corrected chi connectivity index (χ2v) is 4.63. The Kier molecular flexibility index (Phi) is 6.36. The van der Waals surface area contributed by atoms with Crippen molar-refractivity contribution in [2.75, 3.05) is 12.8 Å². The van der Waals surface area contributed by atoms with Gasteiger partial charge in [0.1, 0.15) is 0 Å². The zero-order valence-electron chi connectivity index (χ0n) is 9.44. The lowest BCUT2D eigenvalue weighted by molar-refractivity contribution is 0.538. The van der Waals surface area contributed by atoms with Crippen molar-refractivity contribution in [1.82, 2.24) is 15.3 Å². The predicted octanol–water partition coefficient (Wildman–Crippen LogP) is 2.35. The van der Waals surface area contributed by atoms with Crippen molar-refractivity contribution in [2.45, 2.75) is 37.4 Å². The molecule has 0 amide bonds. The molecule has 1 heterocycles. The van der Waals surface area contributed by atoms with Crippen molar-refractivity contribution >= 4 is 11.8 Å². The van der Waals surface area contributed by atoms with Crippen LogP contribution in [0.15, 0.2) is 23.6 Å². The van der Waals surface area contributed by atoms with E-state index in [0.29, 0.717) is 6.04 Å². The summed E-state index contributed by atoms with van der Waals surface area (Å²) in [4.78, 5) is 8.33. The van der Waals surface area contributed by atoms with Crippen LogP contribution in [0.25, 0.3) is 0 Å². The third-order valence-corrected chi connectivity index (χ3v) is 3.26. The van der Waals surface area contributed by atoms with Crippen LogP contribution in [0, 0.1) is 0 Å². The van der Waals surface area contributed by atoms with E-state index in [2.05, 4.69) is 22.2 Å². The summed E-state index contributed by atoms with van der Waals surface area (Å²) in [6.45, 7) is 2.22. The average Bonchev–Trinajstić information content (AvgIpc) is 2.29. The number of nitrogens with one attached hydrogen (secondary N) is 1. The molecular weight excluding hydrogens is 206 g/mol. The molecule has 1 aromatic heterocycles. The van der Waals surface area contributed by atoms with E-state index in [1.807, 2.05) is 13.1 Å². The van der Waals surface area contributed by atoms with Crippen molar-refractivity contribution in [1.29, 1.82) is 0 Å². The Morgan fingerprint density at radius 2 is 2.07 bits per heavy atom. The molecule has 0 bridgehead atoms. The van der Waals surface area contributed by atoms with Gasteiger partial charge in [0.2, 0.25) is 0 Å². The van der Waals surface area contributed by atoms with Crippen LogP contribution in [0.1, 0.15) is 26.2 Å². The molecule has 1 atom stereocenters. The third-order valence-electron chi connectivity index (χ3n) is 2.30. The van der Waals surface area contributed by atoms with E-state index in [1.165, 1.54) is 19.3 Å². The second-order valence-electron chi connectivity index (χ2n) is 3.57. The number of nitrogens with zero attached hydrogens (tertiary/aromatic N) is 2. The highest BCUT2D eigenvalue weighted by Gasteiger charge is 1.99. The summed E-state index contributed by atoms with van der Waals surface area (Å²) in [5.74, 6) is 1.11. The number of hydrogen-bond acceptors (Lipinski definition) is 4. The van der Waals surface area contributed by atoms with Gasteiger partial charge in [-0.2, -0.15) is 0 Å². The number of thioether (sulfide) groups is 1. The topological polar surface area (TPSA) is 37.8 Å². The maximum Gasteiger partial charge on any atom is 0.187 e. The number of rotatable bonds is 7. The normalized spacial score (nSPS) is 12.7. The molecule has 0 radical (unpaired) electrons. The predicted molar refractivity (Wildman–Crippen MR) is 65.1 cm³/mol. The molecule has 1 rings (SSSR count). The summed E-state index contributed by atoms with van der Waals surface area (Å²) in [7, 11) is 2.01. The van der Waals surface area contributed by atoms with Crippen molar-refractivity contribution in [3.8, 4) is 0 Å². The molecule has 3 nitrogen and oxygen atoms in total. The molecule has 4 heteroatoms. The van der Waals surface area contributed by atoms with Crippen LogP contribution in [0.3, 0.4) is 0 Å². The molecule has 84 valence electrons. The second kappa shape index (κ2) is 7.65. The Morgan fingerprint density at radius 1 is 1.33 bits per heavy atom. The standard InChI is InChI=1S/C11H19N3S/c1-10(12-2)6-3-4-9-15-11-13-7-5-8-14-11/h5,7-8,10,12H,3-4,6,9H2,1-2H3. The molecule has 1 aromatic rings. The highest BCUT2D eigenvalue weighted by molar-refractivity contribution is 7.99. The minimum Gasteiger partial charge on any atom is -0.317 e. The van der Waals surface area contributed by atoms with E-state index in [0.717, 1.165) is 10.9 Å². The lowest BCUT2D eigenvalue weighted by Crippen LogP contribution is -2.20. The third kappa shape index (κ3) is 5.74. The summed E-state index contributed by atoms with van der Waals surface area (Å²) >= 11 is 1.74. The zero-order chi connectivity index (χ0) is 10.9. The first kappa shape index (κ1) is 12.5. The Balaban J connectivity index is 2.03. The fourth-order valence-corrected chi connectivity index (χ4v) is 2.02. The van der Waals surface area contributed by atoms with Crippen molar-refractivity contribution in [2.24, 2.45) is 0 Å². The van der Waals surface area contributed by atoms with Gasteiger partial charge in [-0.05, 0) is 32.9 Å². The molecule has 0 aliphatic carbocycles. The maximum absolute atomic E-state index is 4.17. The first-order chi connectivity index (χ1) is 7.33. The highest BCUT2D eigenvalue weighted by Crippen LogP contribution is 2.14. The van der Waals surface area contributed by atoms with Crippen LogP contribution in [-0.4, -0.2) is 28.8 Å². The molecular formula is C11H19N3S. The maximum atomic E-state index is 4.17. The zero-order valence-corrected chi connectivity index (χ0v) is 10.3. The van der Waals surface area contributed by atoms with Crippen LogP contribution in [0.2, 0.25) is 0 Å². The van der Waals surface area contributed by atoms with Crippen LogP contribution in [0.5, 0.6) is 0 Å². The lowest BCUT2D eigenvalue weighted by Gasteiger charge is -2.08. The summed E-state index contributed by atoms with van der Waals surface area (Å²) in [5, 5.41) is 4.13. The molecule has 1 N–H and O–H groups in total. The largest absolute Gasteiger partial charge is 0.317 e. The number of unbranched alkanes of at least 4 members (excludes halogenated alkanes) is 1. The summed E-state index contributed by atoms with van der Waals surface area (Å²) in [5.41, 5.74) is 0. The van der Waals surface area contributed by atoms with Gasteiger partial charge < -0.3 is 5.32 Å². The van der Waals surface area contributed by atoms with Crippen molar-refractivity contribution < 1.29 is 0 Å². The Morgan fingerprint density at radius 3 is 2.73 bits per heavy atom. The van der Waals surface area contributed by atoms with Gasteiger partial charge in [0.05, 0.1) is 0 Å². The summed E-state index contributed by atoms with van der Waals surface area (Å²) in [6.07, 6.45) is 7.32. The molecule has 0 aromatic carbocycles. The van der Waals surface area contributed by atoms with Gasteiger partial charge in [0, 0.05) is 24.2 Å². The SMILES string of the molecule is CNC(C)CCCCSc1ncccn1. The van der Waals surface area contributed by atoms with Crippen LogP contribution in [-0.2, 0) is 0 Å². The molecule has 0 saturated heterocycles. The van der Waals surface area contributed by atoms with E-state index < -0.39 is 0 Å². The first-order valence-corrected chi connectivity index (χ1v) is 6.38. The van der Waals surface area contributed by atoms with Gasteiger partial charge in [-0.15, -0.1) is 0 Å². The van der Waals surface area contributed by atoms with Crippen molar-refractivity contribution in [3.63, 3.8) is 0 Å². The number of aromatic nitrogens is 2. The molecule has 0 aliphatic rings. The van der Waals surface area contributed by atoms with Crippen LogP contribution >= 0.6 is 11.8 Å². The fraction of sp³-hybridized carbons (Fsp3) is 0.636. The Labute approximate surface area is 96.1 Å². The average molecular weight is 225 g/mol.